The van der Waals surface area contributed by atoms with Crippen LogP contribution in [0.3, 0.4) is 0 Å². The number of amides is 3. The first-order valence-electron chi connectivity index (χ1n) is 6.56. The molecule has 0 bridgehead atoms. The van der Waals surface area contributed by atoms with Gasteiger partial charge in [-0.25, -0.2) is 31.8 Å². The highest BCUT2D eigenvalue weighted by molar-refractivity contribution is 6.02. The Kier molecular flexibility index (Phi) is 3.99. The van der Waals surface area contributed by atoms with Gasteiger partial charge in [-0.15, -0.1) is 0 Å². The lowest BCUT2D eigenvalue weighted by Crippen LogP contribution is -2.24. The number of carbonyl (C=O) groups is 2. The van der Waals surface area contributed by atoms with E-state index < -0.39 is 52.3 Å². The number of nitrogens with zero attached hydrogens (tertiary/aromatic N) is 2. The fraction of sp³-hybridized carbons (Fsp3) is 0.0714. The first kappa shape index (κ1) is 16.6. The molecule has 2 aromatic rings. The van der Waals surface area contributed by atoms with Crippen molar-refractivity contribution >= 4 is 18.2 Å². The SMILES string of the molecule is O=C1CN(N=Cc2ccc(-c3c(F)c(F)c(F)c(F)c3F)o2)C(=O)N1. The van der Waals surface area contributed by atoms with Gasteiger partial charge in [0, 0.05) is 0 Å². The minimum Gasteiger partial charge on any atom is -0.455 e. The van der Waals surface area contributed by atoms with E-state index in [1.54, 1.807) is 0 Å². The highest BCUT2D eigenvalue weighted by atomic mass is 19.2. The molecule has 1 aromatic carbocycles. The van der Waals surface area contributed by atoms with Crippen LogP contribution < -0.4 is 5.32 Å². The summed E-state index contributed by atoms with van der Waals surface area (Å²) in [5.41, 5.74) is -1.23. The quantitative estimate of drug-likeness (QED) is 0.301. The molecule has 6 nitrogen and oxygen atoms in total. The molecule has 1 aliphatic rings. The predicted octanol–water partition coefficient (Wildman–Crippen LogP) is 2.53. The van der Waals surface area contributed by atoms with Gasteiger partial charge in [0.15, 0.2) is 23.3 Å². The number of furan rings is 1. The maximum atomic E-state index is 13.7. The zero-order valence-corrected chi connectivity index (χ0v) is 11.9. The van der Waals surface area contributed by atoms with Crippen LogP contribution in [0.4, 0.5) is 26.7 Å². The Morgan fingerprint density at radius 1 is 1.00 bits per heavy atom. The summed E-state index contributed by atoms with van der Waals surface area (Å²) >= 11 is 0. The van der Waals surface area contributed by atoms with Crippen molar-refractivity contribution in [2.24, 2.45) is 5.10 Å². The monoisotopic (exact) mass is 359 g/mol. The van der Waals surface area contributed by atoms with Crippen LogP contribution in [-0.2, 0) is 4.79 Å². The van der Waals surface area contributed by atoms with Crippen molar-refractivity contribution in [2.45, 2.75) is 0 Å². The molecule has 3 amide bonds. The standard InChI is InChI=1S/C14H6F5N3O3/c15-9-8(10(16)12(18)13(19)11(9)17)6-2-1-5(25-6)3-20-22-4-7(23)21-14(22)24/h1-3H,4H2,(H,21,23,24). The van der Waals surface area contributed by atoms with E-state index in [4.69, 9.17) is 4.42 Å². The van der Waals surface area contributed by atoms with Crippen LogP contribution in [0.25, 0.3) is 11.3 Å². The molecule has 25 heavy (non-hydrogen) atoms. The predicted molar refractivity (Wildman–Crippen MR) is 71.8 cm³/mol. The number of halogens is 5. The molecule has 0 atom stereocenters. The molecule has 0 radical (unpaired) electrons. The third-order valence-electron chi connectivity index (χ3n) is 3.18. The van der Waals surface area contributed by atoms with Gasteiger partial charge in [-0.3, -0.25) is 10.1 Å². The molecular formula is C14H6F5N3O3. The van der Waals surface area contributed by atoms with E-state index in [0.29, 0.717) is 0 Å². The van der Waals surface area contributed by atoms with E-state index in [0.717, 1.165) is 23.4 Å². The molecule has 3 rings (SSSR count). The Hall–Kier alpha value is -3.24. The molecule has 1 aromatic heterocycles. The summed E-state index contributed by atoms with van der Waals surface area (Å²) in [5, 5.41) is 6.32. The third-order valence-corrected chi connectivity index (χ3v) is 3.18. The second-order valence-corrected chi connectivity index (χ2v) is 4.80. The minimum atomic E-state index is -2.28. The summed E-state index contributed by atoms with van der Waals surface area (Å²) in [6.07, 6.45) is 0.938. The van der Waals surface area contributed by atoms with Crippen LogP contribution in [0, 0.1) is 29.1 Å². The Morgan fingerprint density at radius 2 is 1.60 bits per heavy atom. The van der Waals surface area contributed by atoms with Gasteiger partial charge in [0.25, 0.3) is 0 Å². The lowest BCUT2D eigenvalue weighted by molar-refractivity contribution is -0.118. The Balaban J connectivity index is 1.93. The summed E-state index contributed by atoms with van der Waals surface area (Å²) in [6, 6.07) is 1.31. The van der Waals surface area contributed by atoms with Gasteiger partial charge >= 0.3 is 6.03 Å². The van der Waals surface area contributed by atoms with Crippen LogP contribution >= 0.6 is 0 Å². The number of nitrogens with one attached hydrogen (secondary N) is 1. The molecule has 2 heterocycles. The summed E-state index contributed by atoms with van der Waals surface area (Å²) in [4.78, 5) is 22.2. The van der Waals surface area contributed by atoms with E-state index in [9.17, 15) is 31.5 Å². The van der Waals surface area contributed by atoms with Crippen molar-refractivity contribution < 1.29 is 36.0 Å². The third kappa shape index (κ3) is 2.84. The minimum absolute atomic E-state index is 0.147. The van der Waals surface area contributed by atoms with Crippen molar-refractivity contribution in [3.8, 4) is 11.3 Å². The molecule has 11 heteroatoms. The van der Waals surface area contributed by atoms with Gasteiger partial charge in [0.05, 0.1) is 11.8 Å². The van der Waals surface area contributed by atoms with Crippen LogP contribution in [0.15, 0.2) is 21.7 Å². The summed E-state index contributed by atoms with van der Waals surface area (Å²) in [7, 11) is 0. The smallest absolute Gasteiger partial charge is 0.344 e. The second-order valence-electron chi connectivity index (χ2n) is 4.80. The Morgan fingerprint density at radius 3 is 2.16 bits per heavy atom. The molecule has 1 fully saturated rings. The molecule has 1 saturated heterocycles. The molecule has 0 spiro atoms. The Labute approximate surface area is 135 Å². The maximum Gasteiger partial charge on any atom is 0.344 e. The van der Waals surface area contributed by atoms with Crippen molar-refractivity contribution in [3.05, 3.63) is 47.0 Å². The van der Waals surface area contributed by atoms with Gasteiger partial charge in [-0.05, 0) is 12.1 Å². The number of rotatable bonds is 3. The second kappa shape index (κ2) is 6.00. The zero-order chi connectivity index (χ0) is 18.3. The topological polar surface area (TPSA) is 74.9 Å². The Bertz CT molecular complexity index is 896. The van der Waals surface area contributed by atoms with Gasteiger partial charge in [0.2, 0.25) is 11.7 Å². The van der Waals surface area contributed by atoms with Crippen LogP contribution in [0.1, 0.15) is 5.76 Å². The maximum absolute atomic E-state index is 13.7. The molecule has 0 saturated carbocycles. The number of carbonyl (C=O) groups excluding carboxylic acids is 2. The van der Waals surface area contributed by atoms with Gasteiger partial charge in [-0.2, -0.15) is 5.10 Å². The number of imide groups is 1. The highest BCUT2D eigenvalue weighted by Crippen LogP contribution is 2.32. The van der Waals surface area contributed by atoms with Crippen LogP contribution in [0.5, 0.6) is 0 Å². The van der Waals surface area contributed by atoms with Gasteiger partial charge in [-0.1, -0.05) is 0 Å². The fourth-order valence-corrected chi connectivity index (χ4v) is 2.03. The van der Waals surface area contributed by atoms with Crippen molar-refractivity contribution in [1.82, 2.24) is 10.3 Å². The first-order valence-corrected chi connectivity index (χ1v) is 6.56. The van der Waals surface area contributed by atoms with E-state index in [-0.39, 0.29) is 12.3 Å². The van der Waals surface area contributed by atoms with E-state index in [1.807, 2.05) is 5.32 Å². The summed E-state index contributed by atoms with van der Waals surface area (Å²) in [5.74, 6) is -11.9. The highest BCUT2D eigenvalue weighted by Gasteiger charge is 2.28. The number of hydrazone groups is 1. The van der Waals surface area contributed by atoms with Gasteiger partial charge < -0.3 is 4.42 Å². The van der Waals surface area contributed by atoms with E-state index in [1.165, 1.54) is 0 Å². The lowest BCUT2D eigenvalue weighted by atomic mass is 10.1. The molecule has 130 valence electrons. The number of hydrogen-bond donors (Lipinski definition) is 1. The van der Waals surface area contributed by atoms with Crippen LogP contribution in [0.2, 0.25) is 0 Å². The molecule has 0 unspecified atom stereocenters. The lowest BCUT2D eigenvalue weighted by Gasteiger charge is -2.05. The normalized spacial score (nSPS) is 14.7. The van der Waals surface area contributed by atoms with E-state index >= 15 is 0 Å². The molecule has 1 N–H and O–H groups in total. The largest absolute Gasteiger partial charge is 0.455 e. The number of benzene rings is 1. The summed E-state index contributed by atoms with van der Waals surface area (Å²) < 4.78 is 71.9. The number of hydrogen-bond acceptors (Lipinski definition) is 4. The average molecular weight is 359 g/mol. The van der Waals surface area contributed by atoms with Crippen LogP contribution in [-0.4, -0.2) is 29.7 Å². The van der Waals surface area contributed by atoms with E-state index in [2.05, 4.69) is 5.10 Å². The average Bonchev–Trinajstić information content (AvgIpc) is 3.15. The molecule has 0 aliphatic carbocycles. The van der Waals surface area contributed by atoms with Crippen molar-refractivity contribution in [1.29, 1.82) is 0 Å². The molecular weight excluding hydrogens is 353 g/mol. The fourth-order valence-electron chi connectivity index (χ4n) is 2.03. The van der Waals surface area contributed by atoms with Gasteiger partial charge in [0.1, 0.15) is 18.1 Å². The van der Waals surface area contributed by atoms with Crippen molar-refractivity contribution in [2.75, 3.05) is 6.54 Å². The number of urea groups is 1. The zero-order valence-electron chi connectivity index (χ0n) is 11.9. The summed E-state index contributed by atoms with van der Waals surface area (Å²) in [6.45, 7) is -0.333. The molecule has 1 aliphatic heterocycles. The first-order chi connectivity index (χ1) is 11.8. The van der Waals surface area contributed by atoms with Crippen molar-refractivity contribution in [3.63, 3.8) is 0 Å².